The molecular formula is C15H13FN2O. The maximum atomic E-state index is 13.1. The summed E-state index contributed by atoms with van der Waals surface area (Å²) in [5.74, 6) is 0.310. The SMILES string of the molecule is COc1cccc(N(C)c2ccc(F)cc2C#N)c1. The van der Waals surface area contributed by atoms with Crippen molar-refractivity contribution in [1.29, 1.82) is 5.26 Å². The first-order valence-corrected chi connectivity index (χ1v) is 5.73. The highest BCUT2D eigenvalue weighted by atomic mass is 19.1. The van der Waals surface area contributed by atoms with E-state index >= 15 is 0 Å². The average Bonchev–Trinajstić information content (AvgIpc) is 2.46. The number of nitriles is 1. The summed E-state index contributed by atoms with van der Waals surface area (Å²) in [6.07, 6.45) is 0. The molecule has 0 unspecified atom stereocenters. The molecule has 0 radical (unpaired) electrons. The number of hydrogen-bond donors (Lipinski definition) is 0. The minimum Gasteiger partial charge on any atom is -0.497 e. The molecule has 2 rings (SSSR count). The lowest BCUT2D eigenvalue weighted by atomic mass is 10.1. The summed E-state index contributed by atoms with van der Waals surface area (Å²) in [5.41, 5.74) is 1.81. The van der Waals surface area contributed by atoms with E-state index in [0.29, 0.717) is 11.3 Å². The van der Waals surface area contributed by atoms with E-state index < -0.39 is 5.82 Å². The van der Waals surface area contributed by atoms with Crippen LogP contribution in [0.25, 0.3) is 0 Å². The van der Waals surface area contributed by atoms with Gasteiger partial charge in [-0.3, -0.25) is 0 Å². The summed E-state index contributed by atoms with van der Waals surface area (Å²) in [6.45, 7) is 0. The summed E-state index contributed by atoms with van der Waals surface area (Å²) in [6, 6.07) is 13.6. The quantitative estimate of drug-likeness (QED) is 0.843. The maximum Gasteiger partial charge on any atom is 0.124 e. The van der Waals surface area contributed by atoms with Crippen molar-refractivity contribution in [3.8, 4) is 11.8 Å². The zero-order valence-corrected chi connectivity index (χ0v) is 10.7. The Labute approximate surface area is 111 Å². The van der Waals surface area contributed by atoms with Gasteiger partial charge in [-0.25, -0.2) is 4.39 Å². The first-order chi connectivity index (χ1) is 9.15. The third-order valence-electron chi connectivity index (χ3n) is 2.88. The van der Waals surface area contributed by atoms with Crippen molar-refractivity contribution in [2.45, 2.75) is 0 Å². The molecule has 0 aliphatic rings. The molecule has 0 saturated heterocycles. The summed E-state index contributed by atoms with van der Waals surface area (Å²) in [5, 5.41) is 9.07. The van der Waals surface area contributed by atoms with Crippen molar-refractivity contribution >= 4 is 11.4 Å². The smallest absolute Gasteiger partial charge is 0.124 e. The largest absolute Gasteiger partial charge is 0.497 e. The molecule has 0 saturated carbocycles. The van der Waals surface area contributed by atoms with Gasteiger partial charge in [0, 0.05) is 18.8 Å². The number of ether oxygens (including phenoxy) is 1. The molecule has 0 aliphatic heterocycles. The molecular weight excluding hydrogens is 243 g/mol. The second-order valence-corrected chi connectivity index (χ2v) is 4.03. The molecule has 0 amide bonds. The predicted octanol–water partition coefficient (Wildman–Crippen LogP) is 3.47. The molecule has 0 fully saturated rings. The highest BCUT2D eigenvalue weighted by Gasteiger charge is 2.10. The van der Waals surface area contributed by atoms with E-state index in [2.05, 4.69) is 0 Å². The molecule has 0 aliphatic carbocycles. The van der Waals surface area contributed by atoms with Gasteiger partial charge in [-0.05, 0) is 30.3 Å². The van der Waals surface area contributed by atoms with Crippen LogP contribution in [-0.2, 0) is 0 Å². The number of benzene rings is 2. The normalized spacial score (nSPS) is 9.79. The van der Waals surface area contributed by atoms with Crippen molar-refractivity contribution in [2.75, 3.05) is 19.1 Å². The molecule has 0 atom stereocenters. The number of anilines is 2. The van der Waals surface area contributed by atoms with E-state index in [-0.39, 0.29) is 0 Å². The Morgan fingerprint density at radius 1 is 1.21 bits per heavy atom. The van der Waals surface area contributed by atoms with Crippen LogP contribution in [-0.4, -0.2) is 14.2 Å². The molecule has 2 aromatic carbocycles. The van der Waals surface area contributed by atoms with Gasteiger partial charge in [0.25, 0.3) is 0 Å². The molecule has 2 aromatic rings. The van der Waals surface area contributed by atoms with Crippen LogP contribution in [0.5, 0.6) is 5.75 Å². The van der Waals surface area contributed by atoms with E-state index in [1.807, 2.05) is 42.3 Å². The van der Waals surface area contributed by atoms with Gasteiger partial charge in [0.2, 0.25) is 0 Å². The second-order valence-electron chi connectivity index (χ2n) is 4.03. The van der Waals surface area contributed by atoms with Gasteiger partial charge in [0.1, 0.15) is 17.6 Å². The van der Waals surface area contributed by atoms with Crippen molar-refractivity contribution in [3.63, 3.8) is 0 Å². The third-order valence-corrected chi connectivity index (χ3v) is 2.88. The van der Waals surface area contributed by atoms with Gasteiger partial charge in [0.15, 0.2) is 0 Å². The van der Waals surface area contributed by atoms with Crippen LogP contribution in [0.2, 0.25) is 0 Å². The highest BCUT2D eigenvalue weighted by molar-refractivity contribution is 5.69. The van der Waals surface area contributed by atoms with Crippen molar-refractivity contribution in [1.82, 2.24) is 0 Å². The van der Waals surface area contributed by atoms with Crippen LogP contribution < -0.4 is 9.64 Å². The average molecular weight is 256 g/mol. The van der Waals surface area contributed by atoms with Crippen LogP contribution in [0.4, 0.5) is 15.8 Å². The Hall–Kier alpha value is -2.54. The van der Waals surface area contributed by atoms with Crippen LogP contribution in [0.1, 0.15) is 5.56 Å². The maximum absolute atomic E-state index is 13.1. The Morgan fingerprint density at radius 3 is 2.68 bits per heavy atom. The van der Waals surface area contributed by atoms with Crippen LogP contribution in [0.3, 0.4) is 0 Å². The lowest BCUT2D eigenvalue weighted by molar-refractivity contribution is 0.415. The van der Waals surface area contributed by atoms with E-state index in [1.54, 1.807) is 13.2 Å². The second kappa shape index (κ2) is 5.40. The molecule has 0 aromatic heterocycles. The zero-order chi connectivity index (χ0) is 13.8. The number of hydrogen-bond acceptors (Lipinski definition) is 3. The molecule has 0 spiro atoms. The standard InChI is InChI=1S/C15H13FN2O/c1-18(13-4-3-5-14(9-13)19-2)15-7-6-12(16)8-11(15)10-17/h3-9H,1-2H3. The van der Waals surface area contributed by atoms with Gasteiger partial charge in [-0.15, -0.1) is 0 Å². The Balaban J connectivity index is 2.44. The first-order valence-electron chi connectivity index (χ1n) is 5.73. The highest BCUT2D eigenvalue weighted by Crippen LogP contribution is 2.29. The first kappa shape index (κ1) is 12.9. The Kier molecular flexibility index (Phi) is 3.67. The summed E-state index contributed by atoms with van der Waals surface area (Å²) >= 11 is 0. The van der Waals surface area contributed by atoms with E-state index in [4.69, 9.17) is 10.00 Å². The zero-order valence-electron chi connectivity index (χ0n) is 10.7. The lowest BCUT2D eigenvalue weighted by Crippen LogP contribution is -2.11. The van der Waals surface area contributed by atoms with E-state index in [1.165, 1.54) is 12.1 Å². The van der Waals surface area contributed by atoms with Gasteiger partial charge in [0.05, 0.1) is 18.4 Å². The summed E-state index contributed by atoms with van der Waals surface area (Å²) in [4.78, 5) is 1.82. The fourth-order valence-electron chi connectivity index (χ4n) is 1.85. The van der Waals surface area contributed by atoms with Crippen molar-refractivity contribution in [3.05, 3.63) is 53.8 Å². The fraction of sp³-hybridized carbons (Fsp3) is 0.133. The van der Waals surface area contributed by atoms with Crippen molar-refractivity contribution in [2.24, 2.45) is 0 Å². The monoisotopic (exact) mass is 256 g/mol. The molecule has 0 heterocycles. The van der Waals surface area contributed by atoms with Gasteiger partial charge in [-0.1, -0.05) is 6.07 Å². The number of rotatable bonds is 3. The molecule has 3 nitrogen and oxygen atoms in total. The lowest BCUT2D eigenvalue weighted by Gasteiger charge is -2.21. The number of nitrogens with zero attached hydrogens (tertiary/aromatic N) is 2. The topological polar surface area (TPSA) is 36.3 Å². The third kappa shape index (κ3) is 2.66. The van der Waals surface area contributed by atoms with Gasteiger partial charge >= 0.3 is 0 Å². The van der Waals surface area contributed by atoms with Crippen molar-refractivity contribution < 1.29 is 9.13 Å². The minimum atomic E-state index is -0.417. The van der Waals surface area contributed by atoms with Crippen LogP contribution in [0, 0.1) is 17.1 Å². The number of halogens is 1. The molecule has 96 valence electrons. The molecule has 0 N–H and O–H groups in total. The molecule has 0 bridgehead atoms. The Morgan fingerprint density at radius 2 is 2.00 bits per heavy atom. The Bertz CT molecular complexity index is 634. The summed E-state index contributed by atoms with van der Waals surface area (Å²) in [7, 11) is 3.42. The summed E-state index contributed by atoms with van der Waals surface area (Å²) < 4.78 is 18.3. The number of methoxy groups -OCH3 is 1. The molecule has 19 heavy (non-hydrogen) atoms. The predicted molar refractivity (Wildman–Crippen MR) is 72.2 cm³/mol. The minimum absolute atomic E-state index is 0.297. The van der Waals surface area contributed by atoms with Crippen LogP contribution in [0.15, 0.2) is 42.5 Å². The van der Waals surface area contributed by atoms with Crippen LogP contribution >= 0.6 is 0 Å². The molecule has 4 heteroatoms. The van der Waals surface area contributed by atoms with Gasteiger partial charge in [-0.2, -0.15) is 5.26 Å². The van der Waals surface area contributed by atoms with E-state index in [9.17, 15) is 4.39 Å². The fourth-order valence-corrected chi connectivity index (χ4v) is 1.85. The van der Waals surface area contributed by atoms with E-state index in [0.717, 1.165) is 11.4 Å². The van der Waals surface area contributed by atoms with Gasteiger partial charge < -0.3 is 9.64 Å².